The smallest absolute Gasteiger partial charge is 0.246 e. The molecule has 0 saturated carbocycles. The number of rotatable bonds is 37. The minimum absolute atomic E-state index is 0.0920. The van der Waals surface area contributed by atoms with Crippen LogP contribution >= 0.6 is 33.3 Å². The second-order valence-electron chi connectivity index (χ2n) is 22.1. The van der Waals surface area contributed by atoms with E-state index in [2.05, 4.69) is 51.1 Å². The van der Waals surface area contributed by atoms with Crippen LogP contribution in [0.1, 0.15) is 117 Å². The first-order chi connectivity index (χ1) is 39.1. The number of nitrogens with two attached hydrogens (primary N) is 2. The number of unbranched alkanes of at least 4 members (excludes halogenated alkanes) is 1. The van der Waals surface area contributed by atoms with Gasteiger partial charge in [-0.05, 0) is 113 Å². The van der Waals surface area contributed by atoms with Gasteiger partial charge in [-0.25, -0.2) is 0 Å². The normalized spacial score (nSPS) is 19.3. The lowest BCUT2D eigenvalue weighted by Gasteiger charge is -2.33. The molecule has 460 valence electrons. The van der Waals surface area contributed by atoms with Gasteiger partial charge >= 0.3 is 0 Å². The third kappa shape index (κ3) is 23.2. The summed E-state index contributed by atoms with van der Waals surface area (Å²) in [5.41, 5.74) is 12.0. The Kier molecular flexibility index (Phi) is 31.1. The summed E-state index contributed by atoms with van der Waals surface area (Å²) in [6.07, 6.45) is 5.93. The fourth-order valence-corrected chi connectivity index (χ4v) is 13.0. The van der Waals surface area contributed by atoms with Crippen molar-refractivity contribution in [3.63, 3.8) is 0 Å². The first-order valence-electron chi connectivity index (χ1n) is 28.9. The largest absolute Gasteiger partial charge is 0.376 e. The molecule has 12 N–H and O–H groups in total. The van der Waals surface area contributed by atoms with E-state index in [4.69, 9.17) is 11.5 Å². The standard InChI is InChI=1S/C56H92N12O11S3/c1-35(2)21-25-59-31-39(62-50(73)41(23-28-80-6)64-53(76)44-17-12-26-66(44)56(79)49(36(3)4)61-37(5)69)22-29-81-82-34-43(63-48(72)20-19-38-14-8-7-9-15-38)51(74)65-42(16-10-11-24-57)54(77)67-27-13-18-45(67)55(78)68-33-40(70)30-46(68)52(75)60-32-47(58)71/h7-9,14-15,35-36,39,41-46,49-50,59,62,73H,10-13,16-34,57H2,1-6H3,(H2,58,71)(H,60,75)(H,61,69)(H,63,72)(H,64,76)(H,65,74). The van der Waals surface area contributed by atoms with E-state index in [-0.39, 0.29) is 85.9 Å². The lowest BCUT2D eigenvalue weighted by molar-refractivity contribution is -0.148. The molecule has 0 aromatic heterocycles. The van der Waals surface area contributed by atoms with Gasteiger partial charge in [0.25, 0.3) is 0 Å². The maximum Gasteiger partial charge on any atom is 0.246 e. The number of aryl methyl sites for hydroxylation is 1. The molecule has 3 heterocycles. The molecular formula is C56H92N12O11S3. The fraction of sp³-hybridized carbons (Fsp3) is 0.714. The van der Waals surface area contributed by atoms with Gasteiger partial charge in [-0.1, -0.05) is 79.6 Å². The van der Waals surface area contributed by atoms with Gasteiger partial charge in [-0.3, -0.25) is 53.3 Å². The molecule has 3 aliphatic rings. The Morgan fingerprint density at radius 3 is 2.11 bits per heavy atom. The van der Waals surface area contributed by atoms with Crippen molar-refractivity contribution >= 4 is 92.3 Å². The number of primary amides is 1. The van der Waals surface area contributed by atoms with Crippen molar-refractivity contribution in [1.82, 2.24) is 51.9 Å². The van der Waals surface area contributed by atoms with Gasteiger partial charge < -0.3 is 63.2 Å². The number of likely N-dealkylation sites (tertiary alicyclic amines) is 3. The molecule has 1 aromatic rings. The molecule has 0 bridgehead atoms. The molecule has 0 aliphatic carbocycles. The maximum atomic E-state index is 14.6. The number of benzene rings is 1. The number of carbonyl (C=O) groups is 10. The van der Waals surface area contributed by atoms with E-state index in [0.29, 0.717) is 88.4 Å². The summed E-state index contributed by atoms with van der Waals surface area (Å²) >= 11 is 1.58. The second-order valence-corrected chi connectivity index (χ2v) is 25.8. The Bertz CT molecular complexity index is 2270. The summed E-state index contributed by atoms with van der Waals surface area (Å²) in [7, 11) is 2.84. The van der Waals surface area contributed by atoms with E-state index in [1.165, 1.54) is 38.3 Å². The van der Waals surface area contributed by atoms with Gasteiger partial charge in [0.05, 0.1) is 19.1 Å². The van der Waals surface area contributed by atoms with E-state index in [1.807, 2.05) is 50.4 Å². The molecule has 3 aliphatic heterocycles. The molecule has 0 spiro atoms. The summed E-state index contributed by atoms with van der Waals surface area (Å²) in [6.45, 7) is 10.6. The molecule has 26 heteroatoms. The number of hydrogen-bond donors (Lipinski definition) is 10. The Hall–Kier alpha value is -4.99. The zero-order valence-electron chi connectivity index (χ0n) is 48.8. The highest BCUT2D eigenvalue weighted by atomic mass is 33.1. The summed E-state index contributed by atoms with van der Waals surface area (Å²) in [5.74, 6) is -3.40. The lowest BCUT2D eigenvalue weighted by Crippen LogP contribution is -2.59. The molecule has 9 atom stereocenters. The first-order valence-corrected chi connectivity index (χ1v) is 32.8. The van der Waals surface area contributed by atoms with Gasteiger partial charge in [0.15, 0.2) is 5.78 Å². The molecule has 0 radical (unpaired) electrons. The lowest BCUT2D eigenvalue weighted by atomic mass is 10.0. The topological polar surface area (TPSA) is 337 Å². The van der Waals surface area contributed by atoms with Crippen molar-refractivity contribution in [1.29, 1.82) is 0 Å². The van der Waals surface area contributed by atoms with E-state index in [9.17, 15) is 53.1 Å². The van der Waals surface area contributed by atoms with Crippen LogP contribution in [0, 0.1) is 11.8 Å². The van der Waals surface area contributed by atoms with Crippen molar-refractivity contribution in [2.45, 2.75) is 173 Å². The van der Waals surface area contributed by atoms with Crippen molar-refractivity contribution < 1.29 is 53.1 Å². The highest BCUT2D eigenvalue weighted by molar-refractivity contribution is 8.76. The van der Waals surface area contributed by atoms with E-state index < -0.39 is 84.6 Å². The molecule has 9 unspecified atom stereocenters. The van der Waals surface area contributed by atoms with Crippen LogP contribution in [0.2, 0.25) is 0 Å². The van der Waals surface area contributed by atoms with E-state index >= 15 is 0 Å². The highest BCUT2D eigenvalue weighted by Crippen LogP contribution is 2.28. The SMILES string of the molecule is CSCCC(NC(=O)C1CCCN1C(=O)C(NC(C)=O)C(C)C)C(O)NC(CCSSCC(NC(=O)CCc1ccccc1)C(=O)NC(CCCCN)C(=O)N1CCCC1C(=O)N1CC(=O)CC1C(=O)NCC(N)=O)CNCCC(C)C. The van der Waals surface area contributed by atoms with Gasteiger partial charge in [-0.15, -0.1) is 0 Å². The van der Waals surface area contributed by atoms with Crippen molar-refractivity contribution in [3.05, 3.63) is 35.9 Å². The number of aliphatic hydroxyl groups is 1. The van der Waals surface area contributed by atoms with E-state index in [1.54, 1.807) is 11.8 Å². The minimum Gasteiger partial charge on any atom is -0.376 e. The summed E-state index contributed by atoms with van der Waals surface area (Å²) in [5, 5.41) is 32.7. The molecule has 4 rings (SSSR count). The number of amides is 9. The van der Waals surface area contributed by atoms with Crippen LogP contribution < -0.4 is 48.7 Å². The van der Waals surface area contributed by atoms with Crippen LogP contribution in [0.25, 0.3) is 0 Å². The molecule has 9 amide bonds. The monoisotopic (exact) mass is 1200 g/mol. The van der Waals surface area contributed by atoms with Crippen LogP contribution in [0.3, 0.4) is 0 Å². The molecule has 3 fully saturated rings. The number of aliphatic hydroxyl groups excluding tert-OH is 1. The number of ketones is 1. The predicted octanol–water partition coefficient (Wildman–Crippen LogP) is 0.554. The van der Waals surface area contributed by atoms with Crippen molar-refractivity contribution in [2.75, 3.05) is 69.3 Å². The zero-order valence-corrected chi connectivity index (χ0v) is 51.2. The van der Waals surface area contributed by atoms with Crippen LogP contribution in [0.5, 0.6) is 0 Å². The molecular weight excluding hydrogens is 1110 g/mol. The third-order valence-corrected chi connectivity index (χ3v) is 17.8. The Balaban J connectivity index is 1.48. The van der Waals surface area contributed by atoms with Crippen LogP contribution in [0.15, 0.2) is 30.3 Å². The van der Waals surface area contributed by atoms with Gasteiger partial charge in [0, 0.05) is 56.9 Å². The van der Waals surface area contributed by atoms with Crippen LogP contribution in [-0.4, -0.2) is 203 Å². The van der Waals surface area contributed by atoms with Crippen molar-refractivity contribution in [3.8, 4) is 0 Å². The number of nitrogens with one attached hydrogen (secondary N) is 7. The van der Waals surface area contributed by atoms with Crippen LogP contribution in [0.4, 0.5) is 0 Å². The second kappa shape index (κ2) is 36.7. The number of nitrogens with zero attached hydrogens (tertiary/aromatic N) is 3. The molecule has 3 saturated heterocycles. The third-order valence-electron chi connectivity index (χ3n) is 14.7. The van der Waals surface area contributed by atoms with Gasteiger partial charge in [-0.2, -0.15) is 11.8 Å². The number of Topliss-reactive ketones (excluding diaryl/α,β-unsaturated/α-hetero) is 1. The molecule has 1 aromatic carbocycles. The zero-order chi connectivity index (χ0) is 60.3. The van der Waals surface area contributed by atoms with Gasteiger partial charge in [0.1, 0.15) is 42.5 Å². The van der Waals surface area contributed by atoms with Crippen molar-refractivity contribution in [2.24, 2.45) is 23.3 Å². The number of hydrogen-bond acceptors (Lipinski definition) is 17. The predicted molar refractivity (Wildman–Crippen MR) is 320 cm³/mol. The number of thioether (sulfide) groups is 1. The Morgan fingerprint density at radius 2 is 1.46 bits per heavy atom. The van der Waals surface area contributed by atoms with Crippen LogP contribution in [-0.2, 0) is 54.4 Å². The summed E-state index contributed by atoms with van der Waals surface area (Å²) in [4.78, 5) is 138. The molecule has 23 nitrogen and oxygen atoms in total. The summed E-state index contributed by atoms with van der Waals surface area (Å²) < 4.78 is 0. The van der Waals surface area contributed by atoms with E-state index in [0.717, 1.165) is 23.4 Å². The first kappa shape index (κ1) is 69.5. The maximum absolute atomic E-state index is 14.6. The molecule has 82 heavy (non-hydrogen) atoms. The average molecular weight is 1210 g/mol. The quantitative estimate of drug-likeness (QED) is 0.0247. The average Bonchev–Trinajstić information content (AvgIpc) is 4.43. The highest BCUT2D eigenvalue weighted by Gasteiger charge is 2.46. The van der Waals surface area contributed by atoms with Gasteiger partial charge in [0.2, 0.25) is 53.2 Å². The summed E-state index contributed by atoms with van der Waals surface area (Å²) in [6, 6.07) is 2.55. The minimum atomic E-state index is -1.18. The Morgan fingerprint density at radius 1 is 0.768 bits per heavy atom. The Labute approximate surface area is 496 Å². The number of carbonyl (C=O) groups excluding carboxylic acids is 10. The fourth-order valence-electron chi connectivity index (χ4n) is 10.2.